The van der Waals surface area contributed by atoms with Crippen molar-refractivity contribution in [1.82, 2.24) is 0 Å². The number of furan rings is 1. The Morgan fingerprint density at radius 2 is 2.00 bits per heavy atom. The third-order valence-electron chi connectivity index (χ3n) is 5.97. The third-order valence-corrected chi connectivity index (χ3v) is 7.54. The molecule has 34 heavy (non-hydrogen) atoms. The zero-order valence-electron chi connectivity index (χ0n) is 18.1. The normalized spacial score (nSPS) is 13.8. The number of benzene rings is 3. The summed E-state index contributed by atoms with van der Waals surface area (Å²) in [6, 6.07) is 18.6. The van der Waals surface area contributed by atoms with Crippen molar-refractivity contribution >= 4 is 61.1 Å². The number of nitrogens with one attached hydrogen (secondary N) is 2. The predicted octanol–water partition coefficient (Wildman–Crippen LogP) is 5.36. The molecular weight excluding hydrogens is 516 g/mol. The largest absolute Gasteiger partial charge is 0.755 e. The second-order valence-corrected chi connectivity index (χ2v) is 9.75. The maximum absolute atomic E-state index is 12.3. The van der Waals surface area contributed by atoms with Crippen molar-refractivity contribution in [3.63, 3.8) is 0 Å². The van der Waals surface area contributed by atoms with Gasteiger partial charge in [-0.2, -0.15) is 0 Å². The summed E-state index contributed by atoms with van der Waals surface area (Å²) in [5, 5.41) is 11.8. The van der Waals surface area contributed by atoms with Crippen molar-refractivity contribution in [2.75, 3.05) is 16.2 Å². The lowest BCUT2D eigenvalue weighted by Gasteiger charge is -2.31. The van der Waals surface area contributed by atoms with E-state index >= 15 is 0 Å². The van der Waals surface area contributed by atoms with Gasteiger partial charge in [0.05, 0.1) is 32.8 Å². The number of halogens is 1. The smallest absolute Gasteiger partial charge is 0.137 e. The molecule has 0 spiro atoms. The SMILES string of the molecule is N=C(N)c1ccc(Cc2oc3cc(N(c4cccc5c4NCCC5)S(=O)[O-])ccc3c2Br)cc1. The standard InChI is InChI=1S/C25H23BrN4O3S/c26-23-19-11-10-18(30(34(31)32)20-5-1-3-16-4-2-12-29-24(16)20)14-21(19)33-22(23)13-15-6-8-17(9-7-15)25(27)28/h1,3,5-11,14,29H,2,4,12-13H2,(H3,27,28)(H,31,32)/p-1. The molecule has 0 aliphatic carbocycles. The molecule has 0 bridgehead atoms. The second kappa shape index (κ2) is 9.25. The molecule has 4 aromatic rings. The van der Waals surface area contributed by atoms with Crippen LogP contribution in [0.25, 0.3) is 11.0 Å². The van der Waals surface area contributed by atoms with Crippen LogP contribution >= 0.6 is 15.9 Å². The number of nitrogens with two attached hydrogens (primary N) is 1. The van der Waals surface area contributed by atoms with Crippen LogP contribution in [0.15, 0.2) is 69.6 Å². The van der Waals surface area contributed by atoms with Crippen molar-refractivity contribution in [1.29, 1.82) is 5.41 Å². The van der Waals surface area contributed by atoms with Crippen molar-refractivity contribution in [3.8, 4) is 0 Å². The summed E-state index contributed by atoms with van der Waals surface area (Å²) in [4.78, 5) is 0. The van der Waals surface area contributed by atoms with E-state index in [1.807, 2.05) is 48.5 Å². The summed E-state index contributed by atoms with van der Waals surface area (Å²) in [5.74, 6) is 0.760. The molecule has 1 atom stereocenters. The Morgan fingerprint density at radius 3 is 2.74 bits per heavy atom. The molecule has 0 radical (unpaired) electrons. The van der Waals surface area contributed by atoms with Crippen LogP contribution in [0, 0.1) is 5.41 Å². The summed E-state index contributed by atoms with van der Waals surface area (Å²) in [5.41, 5.74) is 10.9. The van der Waals surface area contributed by atoms with Crippen LogP contribution < -0.4 is 15.4 Å². The average molecular weight is 538 g/mol. The van der Waals surface area contributed by atoms with Gasteiger partial charge in [0.1, 0.15) is 17.2 Å². The minimum absolute atomic E-state index is 0.0270. The van der Waals surface area contributed by atoms with Gasteiger partial charge in [-0.3, -0.25) is 13.9 Å². The molecule has 174 valence electrons. The van der Waals surface area contributed by atoms with E-state index < -0.39 is 11.3 Å². The highest BCUT2D eigenvalue weighted by Gasteiger charge is 2.21. The number of amidine groups is 1. The van der Waals surface area contributed by atoms with E-state index in [2.05, 4.69) is 21.2 Å². The lowest BCUT2D eigenvalue weighted by atomic mass is 10.0. The molecule has 2 heterocycles. The van der Waals surface area contributed by atoms with E-state index in [9.17, 15) is 8.76 Å². The maximum Gasteiger partial charge on any atom is 0.137 e. The molecule has 0 saturated carbocycles. The number of fused-ring (bicyclic) bond motifs is 2. The zero-order chi connectivity index (χ0) is 23.8. The van der Waals surface area contributed by atoms with Gasteiger partial charge in [0.15, 0.2) is 0 Å². The number of hydrogen-bond donors (Lipinski definition) is 3. The number of para-hydroxylation sites is 1. The van der Waals surface area contributed by atoms with Gasteiger partial charge < -0.3 is 20.0 Å². The molecule has 1 aliphatic rings. The average Bonchev–Trinajstić information content (AvgIpc) is 3.14. The van der Waals surface area contributed by atoms with Gasteiger partial charge in [-0.05, 0) is 58.1 Å². The summed E-state index contributed by atoms with van der Waals surface area (Å²) in [6.07, 6.45) is 2.47. The molecule has 0 amide bonds. The van der Waals surface area contributed by atoms with E-state index in [1.165, 1.54) is 4.31 Å². The number of anilines is 3. The highest BCUT2D eigenvalue weighted by Crippen LogP contribution is 2.40. The van der Waals surface area contributed by atoms with Crippen LogP contribution in [0.2, 0.25) is 0 Å². The fourth-order valence-electron chi connectivity index (χ4n) is 4.30. The molecule has 0 fully saturated rings. The monoisotopic (exact) mass is 537 g/mol. The number of nitrogens with zero attached hydrogens (tertiary/aromatic N) is 1. The van der Waals surface area contributed by atoms with Gasteiger partial charge in [-0.15, -0.1) is 0 Å². The Labute approximate surface area is 208 Å². The Kier molecular flexibility index (Phi) is 6.16. The zero-order valence-corrected chi connectivity index (χ0v) is 20.5. The maximum atomic E-state index is 12.3. The molecule has 3 aromatic carbocycles. The van der Waals surface area contributed by atoms with E-state index in [4.69, 9.17) is 15.6 Å². The molecule has 1 aromatic heterocycles. The van der Waals surface area contributed by atoms with Crippen LogP contribution in [-0.2, 0) is 24.1 Å². The van der Waals surface area contributed by atoms with Crippen molar-refractivity contribution in [2.45, 2.75) is 19.3 Å². The fraction of sp³-hybridized carbons (Fsp3) is 0.160. The third kappa shape index (κ3) is 4.22. The molecule has 9 heteroatoms. The Balaban J connectivity index is 1.51. The topological polar surface area (TPSA) is 118 Å². The number of rotatable bonds is 6. The molecule has 0 saturated heterocycles. The lowest BCUT2D eigenvalue weighted by Crippen LogP contribution is -2.23. The first-order valence-corrected chi connectivity index (χ1v) is 12.6. The molecule has 1 aliphatic heterocycles. The van der Waals surface area contributed by atoms with Gasteiger partial charge in [-0.25, -0.2) is 0 Å². The summed E-state index contributed by atoms with van der Waals surface area (Å²) in [6.45, 7) is 0.810. The summed E-state index contributed by atoms with van der Waals surface area (Å²) < 4.78 is 33.0. The van der Waals surface area contributed by atoms with Crippen LogP contribution in [0.4, 0.5) is 17.1 Å². The van der Waals surface area contributed by atoms with Gasteiger partial charge in [-0.1, -0.05) is 36.4 Å². The predicted molar refractivity (Wildman–Crippen MR) is 138 cm³/mol. The van der Waals surface area contributed by atoms with E-state index in [0.717, 1.165) is 51.8 Å². The summed E-state index contributed by atoms with van der Waals surface area (Å²) >= 11 is 1.12. The van der Waals surface area contributed by atoms with E-state index in [0.29, 0.717) is 28.9 Å². The minimum Gasteiger partial charge on any atom is -0.755 e. The highest BCUT2D eigenvalue weighted by molar-refractivity contribution is 9.10. The van der Waals surface area contributed by atoms with Crippen molar-refractivity contribution in [3.05, 3.63) is 87.6 Å². The van der Waals surface area contributed by atoms with Crippen LogP contribution in [-0.4, -0.2) is 21.1 Å². The number of aryl methyl sites for hydroxylation is 1. The van der Waals surface area contributed by atoms with E-state index in [1.54, 1.807) is 12.1 Å². The van der Waals surface area contributed by atoms with Crippen molar-refractivity contribution < 1.29 is 13.2 Å². The van der Waals surface area contributed by atoms with Crippen LogP contribution in [0.3, 0.4) is 0 Å². The highest BCUT2D eigenvalue weighted by atomic mass is 79.9. The van der Waals surface area contributed by atoms with Crippen LogP contribution in [0.1, 0.15) is 28.9 Å². The van der Waals surface area contributed by atoms with Gasteiger partial charge >= 0.3 is 0 Å². The van der Waals surface area contributed by atoms with E-state index in [-0.39, 0.29) is 5.84 Å². The molecule has 1 unspecified atom stereocenters. The Bertz CT molecular complexity index is 1420. The Hall–Kier alpha value is -3.14. The lowest BCUT2D eigenvalue weighted by molar-refractivity contribution is 0.537. The fourth-order valence-corrected chi connectivity index (χ4v) is 5.45. The van der Waals surface area contributed by atoms with Gasteiger partial charge in [0.25, 0.3) is 0 Å². The van der Waals surface area contributed by atoms with Gasteiger partial charge in [0.2, 0.25) is 0 Å². The first-order chi connectivity index (χ1) is 16.4. The first kappa shape index (κ1) is 22.6. The Morgan fingerprint density at radius 1 is 1.21 bits per heavy atom. The first-order valence-electron chi connectivity index (χ1n) is 10.8. The molecule has 7 nitrogen and oxygen atoms in total. The van der Waals surface area contributed by atoms with Crippen molar-refractivity contribution in [2.24, 2.45) is 5.73 Å². The molecule has 5 rings (SSSR count). The van der Waals surface area contributed by atoms with Gasteiger partial charge in [0, 0.05) is 30.0 Å². The molecule has 4 N–H and O–H groups in total. The number of nitrogen functional groups attached to an aromatic ring is 1. The second-order valence-electron chi connectivity index (χ2n) is 8.16. The molecular formula is C25H22BrN4O3S-. The quantitative estimate of drug-likeness (QED) is 0.174. The summed E-state index contributed by atoms with van der Waals surface area (Å²) in [7, 11) is 0. The van der Waals surface area contributed by atoms with Crippen LogP contribution in [0.5, 0.6) is 0 Å². The number of hydrogen-bond acceptors (Lipinski definition) is 5. The minimum atomic E-state index is -2.52.